The summed E-state index contributed by atoms with van der Waals surface area (Å²) in [4.78, 5) is -0.362. The van der Waals surface area contributed by atoms with E-state index in [1.54, 1.807) is 0 Å². The van der Waals surface area contributed by atoms with E-state index >= 15 is 0 Å². The Bertz CT molecular complexity index is 958. The molecule has 0 radical (unpaired) electrons. The highest BCUT2D eigenvalue weighted by Crippen LogP contribution is 2.40. The number of hydrogen-bond acceptors (Lipinski definition) is 6. The second kappa shape index (κ2) is 4.70. The summed E-state index contributed by atoms with van der Waals surface area (Å²) in [5.41, 5.74) is 0.735. The Morgan fingerprint density at radius 2 is 1.73 bits per heavy atom. The predicted molar refractivity (Wildman–Crippen MR) is 76.0 cm³/mol. The van der Waals surface area contributed by atoms with Gasteiger partial charge in [-0.2, -0.15) is 8.42 Å². The molecule has 1 aliphatic rings. The molecule has 7 nitrogen and oxygen atoms in total. The van der Waals surface area contributed by atoms with Gasteiger partial charge in [0.05, 0.1) is 4.90 Å². The highest BCUT2D eigenvalue weighted by Gasteiger charge is 2.29. The van der Waals surface area contributed by atoms with Crippen molar-refractivity contribution in [2.24, 2.45) is 0 Å². The lowest BCUT2D eigenvalue weighted by Crippen LogP contribution is -2.01. The van der Waals surface area contributed by atoms with Gasteiger partial charge in [-0.25, -0.2) is 8.42 Å². The zero-order valence-corrected chi connectivity index (χ0v) is 12.6. The zero-order chi connectivity index (χ0) is 16.1. The standard InChI is InChI=1S/C13H10O7S2/c14-11-6-13-12(20-7-21(13,15)16)5-10(11)8-1-3-9(4-2-8)22(17,18)19/h1-6,14H,7H2,(H,17,18,19). The Morgan fingerprint density at radius 1 is 1.09 bits per heavy atom. The summed E-state index contributed by atoms with van der Waals surface area (Å²) in [6, 6.07) is 7.59. The van der Waals surface area contributed by atoms with E-state index in [1.807, 2.05) is 0 Å². The first kappa shape index (κ1) is 14.8. The number of fused-ring (bicyclic) bond motifs is 1. The van der Waals surface area contributed by atoms with E-state index in [2.05, 4.69) is 0 Å². The topological polar surface area (TPSA) is 118 Å². The van der Waals surface area contributed by atoms with Crippen LogP contribution < -0.4 is 4.74 Å². The molecule has 2 aromatic carbocycles. The molecule has 0 aliphatic carbocycles. The van der Waals surface area contributed by atoms with Gasteiger partial charge in [0.25, 0.3) is 10.1 Å². The van der Waals surface area contributed by atoms with E-state index in [0.717, 1.165) is 6.07 Å². The van der Waals surface area contributed by atoms with Crippen LogP contribution in [0.3, 0.4) is 0 Å². The van der Waals surface area contributed by atoms with E-state index in [0.29, 0.717) is 5.56 Å². The van der Waals surface area contributed by atoms with Crippen LogP contribution in [0, 0.1) is 0 Å². The molecule has 22 heavy (non-hydrogen) atoms. The molecule has 0 saturated carbocycles. The summed E-state index contributed by atoms with van der Waals surface area (Å²) in [7, 11) is -7.85. The summed E-state index contributed by atoms with van der Waals surface area (Å²) >= 11 is 0. The van der Waals surface area contributed by atoms with Gasteiger partial charge in [0.15, 0.2) is 5.94 Å². The van der Waals surface area contributed by atoms with Crippen LogP contribution >= 0.6 is 0 Å². The lowest BCUT2D eigenvalue weighted by atomic mass is 10.0. The molecular weight excluding hydrogens is 332 g/mol. The van der Waals surface area contributed by atoms with Gasteiger partial charge in [-0.05, 0) is 23.8 Å². The highest BCUT2D eigenvalue weighted by molar-refractivity contribution is 7.91. The van der Waals surface area contributed by atoms with Crippen LogP contribution in [0.4, 0.5) is 0 Å². The van der Waals surface area contributed by atoms with Crippen molar-refractivity contribution in [2.75, 3.05) is 5.94 Å². The third-order valence-corrected chi connectivity index (χ3v) is 5.52. The van der Waals surface area contributed by atoms with Crippen molar-refractivity contribution < 1.29 is 31.2 Å². The van der Waals surface area contributed by atoms with Crippen LogP contribution in [0.5, 0.6) is 11.5 Å². The van der Waals surface area contributed by atoms with Crippen molar-refractivity contribution in [3.63, 3.8) is 0 Å². The van der Waals surface area contributed by atoms with Crippen molar-refractivity contribution in [1.29, 1.82) is 0 Å². The highest BCUT2D eigenvalue weighted by atomic mass is 32.2. The smallest absolute Gasteiger partial charge is 0.294 e. The van der Waals surface area contributed by atoms with Gasteiger partial charge in [-0.15, -0.1) is 0 Å². The third kappa shape index (κ3) is 2.43. The van der Waals surface area contributed by atoms with Crippen LogP contribution in [0.15, 0.2) is 46.2 Å². The van der Waals surface area contributed by atoms with Crippen LogP contribution in [-0.2, 0) is 20.0 Å². The van der Waals surface area contributed by atoms with Crippen LogP contribution in [-0.4, -0.2) is 32.4 Å². The molecular formula is C13H10O7S2. The summed E-state index contributed by atoms with van der Waals surface area (Å²) < 4.78 is 59.3. The number of aromatic hydroxyl groups is 1. The maximum atomic E-state index is 11.7. The minimum Gasteiger partial charge on any atom is -0.507 e. The van der Waals surface area contributed by atoms with Crippen molar-refractivity contribution in [1.82, 2.24) is 0 Å². The SMILES string of the molecule is O=S(=O)(O)c1ccc(-c2cc3c(cc2O)S(=O)(=O)CO3)cc1. The molecule has 2 aromatic rings. The lowest BCUT2D eigenvalue weighted by molar-refractivity contribution is 0.388. The molecule has 0 unspecified atom stereocenters. The summed E-state index contributed by atoms with van der Waals surface area (Å²) in [6.07, 6.45) is 0. The fraction of sp³-hybridized carbons (Fsp3) is 0.0769. The number of rotatable bonds is 2. The molecule has 0 amide bonds. The molecule has 0 fully saturated rings. The molecule has 0 bridgehead atoms. The summed E-state index contributed by atoms with van der Waals surface area (Å²) in [6.45, 7) is 0. The minimum absolute atomic E-state index is 0.0803. The molecule has 0 spiro atoms. The molecule has 116 valence electrons. The van der Waals surface area contributed by atoms with E-state index in [1.165, 1.54) is 30.3 Å². The van der Waals surface area contributed by atoms with E-state index < -0.39 is 25.9 Å². The van der Waals surface area contributed by atoms with E-state index in [4.69, 9.17) is 9.29 Å². The van der Waals surface area contributed by atoms with Crippen molar-refractivity contribution in [2.45, 2.75) is 9.79 Å². The van der Waals surface area contributed by atoms with E-state index in [-0.39, 0.29) is 26.9 Å². The Labute approximate surface area is 126 Å². The number of phenolic OH excluding ortho intramolecular Hbond substituents is 1. The van der Waals surface area contributed by atoms with Crippen LogP contribution in [0.1, 0.15) is 0 Å². The van der Waals surface area contributed by atoms with Gasteiger partial charge in [0.2, 0.25) is 9.84 Å². The zero-order valence-electron chi connectivity index (χ0n) is 10.9. The molecule has 9 heteroatoms. The van der Waals surface area contributed by atoms with Crippen molar-refractivity contribution in [3.05, 3.63) is 36.4 Å². The lowest BCUT2D eigenvalue weighted by Gasteiger charge is -2.07. The fourth-order valence-electron chi connectivity index (χ4n) is 2.15. The normalized spacial score (nSPS) is 16.0. The molecule has 3 rings (SSSR count). The Morgan fingerprint density at radius 3 is 2.32 bits per heavy atom. The number of ether oxygens (including phenoxy) is 1. The maximum Gasteiger partial charge on any atom is 0.294 e. The fourth-order valence-corrected chi connectivity index (χ4v) is 3.75. The van der Waals surface area contributed by atoms with Gasteiger partial charge in [0.1, 0.15) is 16.4 Å². The summed E-state index contributed by atoms with van der Waals surface area (Å²) in [5, 5.41) is 10.0. The number of sulfone groups is 1. The number of phenols is 1. The van der Waals surface area contributed by atoms with Crippen molar-refractivity contribution in [3.8, 4) is 22.6 Å². The quantitative estimate of drug-likeness (QED) is 0.793. The minimum atomic E-state index is -4.30. The van der Waals surface area contributed by atoms with Crippen molar-refractivity contribution >= 4 is 20.0 Å². The van der Waals surface area contributed by atoms with Gasteiger partial charge in [-0.1, -0.05) is 12.1 Å². The Balaban J connectivity index is 2.11. The second-order valence-corrected chi connectivity index (χ2v) is 8.02. The van der Waals surface area contributed by atoms with Crippen LogP contribution in [0.25, 0.3) is 11.1 Å². The molecule has 1 aliphatic heterocycles. The van der Waals surface area contributed by atoms with Crippen LogP contribution in [0.2, 0.25) is 0 Å². The van der Waals surface area contributed by atoms with Gasteiger partial charge in [0, 0.05) is 11.6 Å². The maximum absolute atomic E-state index is 11.7. The second-order valence-electron chi connectivity index (χ2n) is 4.69. The average Bonchev–Trinajstić information content (AvgIpc) is 2.73. The molecule has 0 atom stereocenters. The molecule has 0 saturated heterocycles. The first-order valence-electron chi connectivity index (χ1n) is 5.99. The Hall–Kier alpha value is -2.10. The Kier molecular flexibility index (Phi) is 3.17. The largest absolute Gasteiger partial charge is 0.507 e. The average molecular weight is 342 g/mol. The predicted octanol–water partition coefficient (Wildman–Crippen LogP) is 1.43. The van der Waals surface area contributed by atoms with Gasteiger partial charge >= 0.3 is 0 Å². The first-order valence-corrected chi connectivity index (χ1v) is 9.08. The molecule has 2 N–H and O–H groups in total. The monoisotopic (exact) mass is 342 g/mol. The third-order valence-electron chi connectivity index (χ3n) is 3.23. The van der Waals surface area contributed by atoms with Gasteiger partial charge < -0.3 is 9.84 Å². The van der Waals surface area contributed by atoms with Gasteiger partial charge in [-0.3, -0.25) is 4.55 Å². The van der Waals surface area contributed by atoms with E-state index in [9.17, 15) is 21.9 Å². The number of hydrogen-bond donors (Lipinski definition) is 2. The molecule has 0 aromatic heterocycles. The number of benzene rings is 2. The summed E-state index contributed by atoms with van der Waals surface area (Å²) in [5.74, 6) is -0.619. The first-order chi connectivity index (χ1) is 10.2. The molecule has 1 heterocycles.